The van der Waals surface area contributed by atoms with Gasteiger partial charge in [0.1, 0.15) is 0 Å². The molecule has 3 heteroatoms. The predicted octanol–water partition coefficient (Wildman–Crippen LogP) is 6.60. The van der Waals surface area contributed by atoms with E-state index < -0.39 is 0 Å². The van der Waals surface area contributed by atoms with Gasteiger partial charge >= 0.3 is 0 Å². The summed E-state index contributed by atoms with van der Waals surface area (Å²) in [5.74, 6) is 0.836. The van der Waals surface area contributed by atoms with E-state index in [1.165, 1.54) is 84.6 Å². The van der Waals surface area contributed by atoms with Crippen molar-refractivity contribution in [2.45, 2.75) is 89.8 Å². The molecular weight excluding hydrogens is 402 g/mol. The maximum atomic E-state index is 6.10. The van der Waals surface area contributed by atoms with Crippen molar-refractivity contribution < 1.29 is 0 Å². The number of hydrogen-bond acceptors (Lipinski definition) is 2. The summed E-state index contributed by atoms with van der Waals surface area (Å²) in [6.45, 7) is 4.44. The maximum Gasteiger partial charge on any atom is 0.0483 e. The molecule has 0 bridgehead atoms. The Kier molecular flexibility index (Phi) is 7.18. The molecule has 176 valence electrons. The minimum absolute atomic E-state index is 0.417. The molecule has 2 saturated carbocycles. The van der Waals surface area contributed by atoms with Crippen LogP contribution < -0.4 is 11.1 Å². The van der Waals surface area contributed by atoms with Gasteiger partial charge in [-0.2, -0.15) is 0 Å². The van der Waals surface area contributed by atoms with E-state index in [-0.39, 0.29) is 0 Å². The van der Waals surface area contributed by atoms with E-state index in [0.717, 1.165) is 31.7 Å². The SMILES string of the molecule is Cc1ccccc1-c1ccc2c(c1)c(CCNC1CCC(N)CC1)cn2CC1CCCCC1. The van der Waals surface area contributed by atoms with Crippen LogP contribution in [0.5, 0.6) is 0 Å². The molecule has 1 aromatic heterocycles. The quantitative estimate of drug-likeness (QED) is 0.432. The van der Waals surface area contributed by atoms with Gasteiger partial charge < -0.3 is 15.6 Å². The first-order valence-corrected chi connectivity index (χ1v) is 13.3. The number of nitrogens with two attached hydrogens (primary N) is 1. The molecule has 1 heterocycles. The van der Waals surface area contributed by atoms with Gasteiger partial charge in [-0.1, -0.05) is 49.6 Å². The zero-order chi connectivity index (χ0) is 22.6. The first-order chi connectivity index (χ1) is 16.2. The first-order valence-electron chi connectivity index (χ1n) is 13.3. The zero-order valence-corrected chi connectivity index (χ0v) is 20.4. The van der Waals surface area contributed by atoms with Gasteiger partial charge in [-0.25, -0.2) is 0 Å². The monoisotopic (exact) mass is 443 g/mol. The third kappa shape index (κ3) is 5.36. The van der Waals surface area contributed by atoms with Gasteiger partial charge in [-0.05, 0) is 98.7 Å². The Balaban J connectivity index is 1.39. The van der Waals surface area contributed by atoms with Crippen molar-refractivity contribution in [2.75, 3.05) is 6.54 Å². The van der Waals surface area contributed by atoms with Gasteiger partial charge in [0.2, 0.25) is 0 Å². The summed E-state index contributed by atoms with van der Waals surface area (Å²) in [5.41, 5.74) is 13.0. The summed E-state index contributed by atoms with van der Waals surface area (Å²) in [6, 6.07) is 17.0. The minimum Gasteiger partial charge on any atom is -0.347 e. The van der Waals surface area contributed by atoms with Crippen LogP contribution in [0.3, 0.4) is 0 Å². The number of aryl methyl sites for hydroxylation is 1. The van der Waals surface area contributed by atoms with Crippen LogP contribution in [-0.2, 0) is 13.0 Å². The van der Waals surface area contributed by atoms with Crippen LogP contribution in [0.4, 0.5) is 0 Å². The lowest BCUT2D eigenvalue weighted by Gasteiger charge is -2.26. The standard InChI is InChI=1S/C30H41N3/c1-22-7-5-6-10-28(22)24-11-16-30-29(19-24)25(17-18-32-27-14-12-26(31)13-15-27)21-33(30)20-23-8-3-2-4-9-23/h5-7,10-11,16,19,21,23,26-27,32H,2-4,8-9,12-15,17-18,20,31H2,1H3. The van der Waals surface area contributed by atoms with Crippen molar-refractivity contribution >= 4 is 10.9 Å². The zero-order valence-electron chi connectivity index (χ0n) is 20.4. The summed E-state index contributed by atoms with van der Waals surface area (Å²) in [7, 11) is 0. The Morgan fingerprint density at radius 1 is 0.939 bits per heavy atom. The molecule has 2 aliphatic rings. The predicted molar refractivity (Wildman–Crippen MR) is 141 cm³/mol. The van der Waals surface area contributed by atoms with E-state index in [9.17, 15) is 0 Å². The summed E-state index contributed by atoms with van der Waals surface area (Å²) in [6.07, 6.45) is 15.4. The van der Waals surface area contributed by atoms with Gasteiger partial charge in [0, 0.05) is 35.7 Å². The molecule has 2 fully saturated rings. The van der Waals surface area contributed by atoms with Crippen LogP contribution in [-0.4, -0.2) is 23.2 Å². The molecule has 0 atom stereocenters. The number of fused-ring (bicyclic) bond motifs is 1. The Bertz CT molecular complexity index is 1050. The lowest BCUT2D eigenvalue weighted by molar-refractivity contribution is 0.322. The van der Waals surface area contributed by atoms with E-state index in [2.05, 4.69) is 65.5 Å². The largest absolute Gasteiger partial charge is 0.347 e. The van der Waals surface area contributed by atoms with Crippen molar-refractivity contribution in [3.63, 3.8) is 0 Å². The minimum atomic E-state index is 0.417. The maximum absolute atomic E-state index is 6.10. The first kappa shape index (κ1) is 22.7. The lowest BCUT2D eigenvalue weighted by atomic mass is 9.89. The molecule has 0 aliphatic heterocycles. The van der Waals surface area contributed by atoms with Crippen molar-refractivity contribution in [1.82, 2.24) is 9.88 Å². The summed E-state index contributed by atoms with van der Waals surface area (Å²) < 4.78 is 2.57. The Morgan fingerprint density at radius 2 is 1.73 bits per heavy atom. The molecule has 3 aromatic rings. The Morgan fingerprint density at radius 3 is 2.52 bits per heavy atom. The van der Waals surface area contributed by atoms with Gasteiger partial charge in [-0.15, -0.1) is 0 Å². The fourth-order valence-corrected chi connectivity index (χ4v) is 6.17. The number of aromatic nitrogens is 1. The van der Waals surface area contributed by atoms with Gasteiger partial charge in [-0.3, -0.25) is 0 Å². The highest BCUT2D eigenvalue weighted by Gasteiger charge is 2.19. The topological polar surface area (TPSA) is 43.0 Å². The van der Waals surface area contributed by atoms with E-state index in [0.29, 0.717) is 12.1 Å². The Hall–Kier alpha value is -2.10. The fraction of sp³-hybridized carbons (Fsp3) is 0.533. The molecule has 3 N–H and O–H groups in total. The molecule has 0 radical (unpaired) electrons. The van der Waals surface area contributed by atoms with E-state index in [1.807, 2.05) is 0 Å². The molecule has 2 aromatic carbocycles. The molecule has 0 spiro atoms. The number of nitrogens with zero attached hydrogens (tertiary/aromatic N) is 1. The van der Waals surface area contributed by atoms with E-state index in [4.69, 9.17) is 5.73 Å². The normalized spacial score (nSPS) is 22.1. The van der Waals surface area contributed by atoms with Crippen LogP contribution in [0.15, 0.2) is 48.7 Å². The van der Waals surface area contributed by atoms with E-state index >= 15 is 0 Å². The molecule has 2 aliphatic carbocycles. The van der Waals surface area contributed by atoms with Crippen LogP contribution in [0.2, 0.25) is 0 Å². The van der Waals surface area contributed by atoms with E-state index in [1.54, 1.807) is 0 Å². The molecule has 0 saturated heterocycles. The van der Waals surface area contributed by atoms with Gasteiger partial charge in [0.15, 0.2) is 0 Å². The van der Waals surface area contributed by atoms with Crippen molar-refractivity contribution in [2.24, 2.45) is 11.7 Å². The Labute approximate surface area is 199 Å². The number of hydrogen-bond donors (Lipinski definition) is 2. The van der Waals surface area contributed by atoms with Gasteiger partial charge in [0.05, 0.1) is 0 Å². The second kappa shape index (κ2) is 10.4. The average molecular weight is 444 g/mol. The molecular formula is C30H41N3. The number of rotatable bonds is 7. The second-order valence-electron chi connectivity index (χ2n) is 10.7. The summed E-state index contributed by atoms with van der Waals surface area (Å²) in [4.78, 5) is 0. The van der Waals surface area contributed by atoms with Crippen LogP contribution in [0.25, 0.3) is 22.0 Å². The third-order valence-electron chi connectivity index (χ3n) is 8.20. The van der Waals surface area contributed by atoms with Crippen LogP contribution in [0.1, 0.15) is 68.9 Å². The number of nitrogens with one attached hydrogen (secondary N) is 1. The molecule has 0 amide bonds. The highest BCUT2D eigenvalue weighted by molar-refractivity contribution is 5.89. The molecule has 3 nitrogen and oxygen atoms in total. The highest BCUT2D eigenvalue weighted by Crippen LogP contribution is 2.32. The van der Waals surface area contributed by atoms with Crippen LogP contribution >= 0.6 is 0 Å². The molecule has 0 unspecified atom stereocenters. The highest BCUT2D eigenvalue weighted by atomic mass is 15.0. The summed E-state index contributed by atoms with van der Waals surface area (Å²) >= 11 is 0. The fourth-order valence-electron chi connectivity index (χ4n) is 6.17. The average Bonchev–Trinajstić information content (AvgIpc) is 3.18. The van der Waals surface area contributed by atoms with Crippen LogP contribution in [0, 0.1) is 12.8 Å². The summed E-state index contributed by atoms with van der Waals surface area (Å²) in [5, 5.41) is 5.28. The van der Waals surface area contributed by atoms with Crippen molar-refractivity contribution in [3.05, 3.63) is 59.8 Å². The second-order valence-corrected chi connectivity index (χ2v) is 10.7. The third-order valence-corrected chi connectivity index (χ3v) is 8.20. The molecule has 5 rings (SSSR count). The lowest BCUT2D eigenvalue weighted by Crippen LogP contribution is -2.38. The van der Waals surface area contributed by atoms with Gasteiger partial charge in [0.25, 0.3) is 0 Å². The smallest absolute Gasteiger partial charge is 0.0483 e. The van der Waals surface area contributed by atoms with Crippen molar-refractivity contribution in [3.8, 4) is 11.1 Å². The number of benzene rings is 2. The van der Waals surface area contributed by atoms with Crippen molar-refractivity contribution in [1.29, 1.82) is 0 Å². The molecule has 33 heavy (non-hydrogen) atoms.